The minimum Gasteiger partial charge on any atom is -0.490 e. The molecule has 1 N–H and O–H groups in total. The molecule has 0 unspecified atom stereocenters. The Labute approximate surface area is 207 Å². The standard InChI is InChI=1S/C24H30Cl3NO2.ClH/c1-2-29-23-13-17(15-28-20-8-6-4-3-5-7-9-20)12-22(27)24(23)30-16-18-10-11-19(25)14-21(18)26;/h10-14,20,28H,2-9,15-16H2,1H3;1H. The van der Waals surface area contributed by atoms with Crippen LogP contribution < -0.4 is 14.8 Å². The molecule has 0 spiro atoms. The number of hydrogen-bond acceptors (Lipinski definition) is 3. The van der Waals surface area contributed by atoms with E-state index < -0.39 is 0 Å². The fourth-order valence-corrected chi connectivity index (χ4v) is 4.59. The van der Waals surface area contributed by atoms with Crippen LogP contribution in [-0.4, -0.2) is 12.6 Å². The zero-order valence-electron chi connectivity index (χ0n) is 17.9. The summed E-state index contributed by atoms with van der Waals surface area (Å²) in [5, 5.41) is 5.41. The largest absolute Gasteiger partial charge is 0.490 e. The summed E-state index contributed by atoms with van der Waals surface area (Å²) in [5.41, 5.74) is 1.94. The summed E-state index contributed by atoms with van der Waals surface area (Å²) in [6.45, 7) is 3.55. The van der Waals surface area contributed by atoms with Crippen LogP contribution in [-0.2, 0) is 13.2 Å². The lowest BCUT2D eigenvalue weighted by Crippen LogP contribution is -2.29. The Morgan fingerprint density at radius 3 is 2.29 bits per heavy atom. The summed E-state index contributed by atoms with van der Waals surface area (Å²) in [7, 11) is 0. The topological polar surface area (TPSA) is 30.5 Å². The van der Waals surface area contributed by atoms with Crippen molar-refractivity contribution >= 4 is 47.2 Å². The van der Waals surface area contributed by atoms with Gasteiger partial charge < -0.3 is 14.8 Å². The number of benzene rings is 2. The molecule has 0 bridgehead atoms. The Hall–Kier alpha value is -0.840. The normalized spacial score (nSPS) is 15.0. The van der Waals surface area contributed by atoms with Gasteiger partial charge in [0.15, 0.2) is 11.5 Å². The van der Waals surface area contributed by atoms with E-state index in [1.807, 2.05) is 25.1 Å². The maximum atomic E-state index is 6.58. The van der Waals surface area contributed by atoms with Crippen molar-refractivity contribution in [3.63, 3.8) is 0 Å². The van der Waals surface area contributed by atoms with Crippen LogP contribution >= 0.6 is 47.2 Å². The second-order valence-corrected chi connectivity index (χ2v) is 9.04. The maximum absolute atomic E-state index is 6.58. The van der Waals surface area contributed by atoms with Gasteiger partial charge in [0.2, 0.25) is 0 Å². The van der Waals surface area contributed by atoms with E-state index >= 15 is 0 Å². The van der Waals surface area contributed by atoms with Gasteiger partial charge in [-0.05, 0) is 49.6 Å². The first-order chi connectivity index (χ1) is 14.6. The summed E-state index contributed by atoms with van der Waals surface area (Å²) < 4.78 is 11.8. The third-order valence-corrected chi connectivity index (χ3v) is 6.32. The summed E-state index contributed by atoms with van der Waals surface area (Å²) in [6.07, 6.45) is 9.18. The first kappa shape index (κ1) is 26.4. The SMILES string of the molecule is CCOc1cc(CNC2CCCCCCC2)cc(Cl)c1OCc1ccc(Cl)cc1Cl.Cl. The van der Waals surface area contributed by atoms with Gasteiger partial charge in [-0.25, -0.2) is 0 Å². The number of hydrogen-bond donors (Lipinski definition) is 1. The Kier molecular flexibility index (Phi) is 11.6. The van der Waals surface area contributed by atoms with Gasteiger partial charge in [0.25, 0.3) is 0 Å². The molecule has 3 nitrogen and oxygen atoms in total. The van der Waals surface area contributed by atoms with Crippen LogP contribution in [0.1, 0.15) is 63.0 Å². The van der Waals surface area contributed by atoms with E-state index in [1.165, 1.54) is 44.9 Å². The van der Waals surface area contributed by atoms with Crippen LogP contribution in [0.5, 0.6) is 11.5 Å². The minimum absolute atomic E-state index is 0. The van der Waals surface area contributed by atoms with E-state index in [9.17, 15) is 0 Å². The molecule has 1 aliphatic carbocycles. The molecule has 0 saturated heterocycles. The highest BCUT2D eigenvalue weighted by Crippen LogP contribution is 2.38. The maximum Gasteiger partial charge on any atom is 0.180 e. The van der Waals surface area contributed by atoms with E-state index in [1.54, 1.807) is 12.1 Å². The van der Waals surface area contributed by atoms with Gasteiger partial charge in [-0.3, -0.25) is 0 Å². The Balaban J connectivity index is 0.00000341. The predicted molar refractivity (Wildman–Crippen MR) is 134 cm³/mol. The molecule has 2 aromatic carbocycles. The third kappa shape index (κ3) is 8.22. The van der Waals surface area contributed by atoms with Gasteiger partial charge in [0, 0.05) is 28.2 Å². The van der Waals surface area contributed by atoms with E-state index in [0.29, 0.717) is 39.2 Å². The zero-order valence-corrected chi connectivity index (χ0v) is 21.0. The molecule has 1 fully saturated rings. The number of nitrogens with one attached hydrogen (secondary N) is 1. The average Bonchev–Trinajstić information content (AvgIpc) is 2.68. The van der Waals surface area contributed by atoms with Crippen molar-refractivity contribution in [3.05, 3.63) is 56.5 Å². The van der Waals surface area contributed by atoms with Crippen LogP contribution in [0.2, 0.25) is 15.1 Å². The highest BCUT2D eigenvalue weighted by atomic mass is 35.5. The predicted octanol–water partition coefficient (Wildman–Crippen LogP) is 8.25. The molecular weight excluding hydrogens is 476 g/mol. The zero-order chi connectivity index (χ0) is 21.3. The van der Waals surface area contributed by atoms with Crippen LogP contribution in [0, 0.1) is 0 Å². The molecule has 2 aromatic rings. The minimum atomic E-state index is 0. The molecule has 31 heavy (non-hydrogen) atoms. The number of ether oxygens (including phenoxy) is 2. The van der Waals surface area contributed by atoms with Crippen molar-refractivity contribution in [1.29, 1.82) is 0 Å². The van der Waals surface area contributed by atoms with Crippen molar-refractivity contribution in [2.75, 3.05) is 6.61 Å². The fourth-order valence-electron chi connectivity index (χ4n) is 3.84. The summed E-state index contributed by atoms with van der Waals surface area (Å²) >= 11 is 18.8. The molecule has 172 valence electrons. The first-order valence-electron chi connectivity index (χ1n) is 10.8. The third-order valence-electron chi connectivity index (χ3n) is 5.46. The summed E-state index contributed by atoms with van der Waals surface area (Å²) in [5.74, 6) is 1.20. The van der Waals surface area contributed by atoms with Crippen molar-refractivity contribution in [3.8, 4) is 11.5 Å². The second kappa shape index (κ2) is 13.6. The van der Waals surface area contributed by atoms with Crippen LogP contribution in [0.3, 0.4) is 0 Å². The van der Waals surface area contributed by atoms with Gasteiger partial charge in [0.05, 0.1) is 11.6 Å². The van der Waals surface area contributed by atoms with Crippen molar-refractivity contribution in [2.45, 2.75) is 71.1 Å². The van der Waals surface area contributed by atoms with E-state index in [2.05, 4.69) is 5.32 Å². The molecule has 0 heterocycles. The second-order valence-electron chi connectivity index (χ2n) is 7.79. The monoisotopic (exact) mass is 505 g/mol. The lowest BCUT2D eigenvalue weighted by Gasteiger charge is -2.22. The Morgan fingerprint density at radius 1 is 0.903 bits per heavy atom. The van der Waals surface area contributed by atoms with Gasteiger partial charge in [-0.1, -0.05) is 73.0 Å². The van der Waals surface area contributed by atoms with Crippen LogP contribution in [0.15, 0.2) is 30.3 Å². The van der Waals surface area contributed by atoms with E-state index in [4.69, 9.17) is 44.3 Å². The van der Waals surface area contributed by atoms with Gasteiger partial charge in [0.1, 0.15) is 6.61 Å². The van der Waals surface area contributed by atoms with Crippen LogP contribution in [0.4, 0.5) is 0 Å². The lowest BCUT2D eigenvalue weighted by molar-refractivity contribution is 0.269. The fraction of sp³-hybridized carbons (Fsp3) is 0.500. The molecule has 3 rings (SSSR count). The lowest BCUT2D eigenvalue weighted by atomic mass is 9.96. The smallest absolute Gasteiger partial charge is 0.180 e. The molecule has 0 aromatic heterocycles. The van der Waals surface area contributed by atoms with Gasteiger partial charge in [-0.15, -0.1) is 12.4 Å². The first-order valence-corrected chi connectivity index (χ1v) is 12.0. The van der Waals surface area contributed by atoms with E-state index in [0.717, 1.165) is 17.7 Å². The van der Waals surface area contributed by atoms with Gasteiger partial charge in [-0.2, -0.15) is 0 Å². The molecule has 0 atom stereocenters. The van der Waals surface area contributed by atoms with Crippen molar-refractivity contribution in [2.24, 2.45) is 0 Å². The molecule has 0 amide bonds. The van der Waals surface area contributed by atoms with E-state index in [-0.39, 0.29) is 19.0 Å². The van der Waals surface area contributed by atoms with Gasteiger partial charge >= 0.3 is 0 Å². The number of halogens is 4. The quantitative estimate of drug-likeness (QED) is 0.390. The van der Waals surface area contributed by atoms with Crippen LogP contribution in [0.25, 0.3) is 0 Å². The molecule has 1 saturated carbocycles. The molecule has 0 radical (unpaired) electrons. The molecular formula is C24H31Cl4NO2. The summed E-state index contributed by atoms with van der Waals surface area (Å²) in [6, 6.07) is 9.90. The molecule has 7 heteroatoms. The number of rotatable bonds is 8. The Morgan fingerprint density at radius 2 is 1.61 bits per heavy atom. The summed E-state index contributed by atoms with van der Waals surface area (Å²) in [4.78, 5) is 0. The molecule has 1 aliphatic rings. The van der Waals surface area contributed by atoms with Crippen molar-refractivity contribution in [1.82, 2.24) is 5.32 Å². The Bertz CT molecular complexity index is 823. The highest BCUT2D eigenvalue weighted by Gasteiger charge is 2.16. The van der Waals surface area contributed by atoms with Crippen molar-refractivity contribution < 1.29 is 9.47 Å². The highest BCUT2D eigenvalue weighted by molar-refractivity contribution is 6.35. The average molecular weight is 507 g/mol. The molecule has 0 aliphatic heterocycles.